The molecule has 0 aliphatic rings. The van der Waals surface area contributed by atoms with Crippen LogP contribution >= 0.6 is 15.9 Å². The van der Waals surface area contributed by atoms with Crippen LogP contribution in [0.1, 0.15) is 26.5 Å². The summed E-state index contributed by atoms with van der Waals surface area (Å²) in [7, 11) is 0. The van der Waals surface area contributed by atoms with Gasteiger partial charge in [-0.05, 0) is 39.0 Å². The molecule has 0 spiro atoms. The van der Waals surface area contributed by atoms with Crippen LogP contribution in [0.4, 0.5) is 0 Å². The van der Waals surface area contributed by atoms with E-state index in [0.29, 0.717) is 0 Å². The van der Waals surface area contributed by atoms with Crippen molar-refractivity contribution in [1.82, 2.24) is 20.3 Å². The maximum absolute atomic E-state index is 4.45. The summed E-state index contributed by atoms with van der Waals surface area (Å²) >= 11 is 3.44. The fourth-order valence-electron chi connectivity index (χ4n) is 1.46. The Labute approximate surface area is 116 Å². The van der Waals surface area contributed by atoms with E-state index in [0.717, 1.165) is 22.4 Å². The minimum Gasteiger partial charge on any atom is -0.306 e. The molecule has 2 rings (SSSR count). The summed E-state index contributed by atoms with van der Waals surface area (Å²) in [6.45, 7) is 7.11. The zero-order valence-electron chi connectivity index (χ0n) is 10.8. The first-order valence-electron chi connectivity index (χ1n) is 5.86. The predicted molar refractivity (Wildman–Crippen MR) is 75.7 cm³/mol. The van der Waals surface area contributed by atoms with Crippen LogP contribution < -0.4 is 5.32 Å². The summed E-state index contributed by atoms with van der Waals surface area (Å²) in [5.41, 5.74) is 1.97. The van der Waals surface area contributed by atoms with Gasteiger partial charge in [-0.3, -0.25) is 0 Å². The summed E-state index contributed by atoms with van der Waals surface area (Å²) in [5, 5.41) is 12.1. The molecule has 2 aromatic rings. The third-order valence-electron chi connectivity index (χ3n) is 2.38. The highest BCUT2D eigenvalue weighted by Gasteiger charge is 2.10. The molecule has 4 nitrogen and oxygen atoms in total. The Morgan fingerprint density at radius 1 is 1.33 bits per heavy atom. The van der Waals surface area contributed by atoms with E-state index in [-0.39, 0.29) is 5.54 Å². The monoisotopic (exact) mass is 308 g/mol. The van der Waals surface area contributed by atoms with Gasteiger partial charge in [0.15, 0.2) is 0 Å². The molecule has 0 atom stereocenters. The van der Waals surface area contributed by atoms with E-state index in [9.17, 15) is 0 Å². The van der Waals surface area contributed by atoms with Crippen LogP contribution in [-0.4, -0.2) is 20.5 Å². The molecule has 0 unspecified atom stereocenters. The van der Waals surface area contributed by atoms with Gasteiger partial charge in [-0.2, -0.15) is 15.0 Å². The van der Waals surface area contributed by atoms with Gasteiger partial charge in [0.1, 0.15) is 0 Å². The Bertz CT molecular complexity index is 528. The number of benzene rings is 1. The predicted octanol–water partition coefficient (Wildman–Crippen LogP) is 2.92. The van der Waals surface area contributed by atoms with Crippen molar-refractivity contribution in [3.05, 3.63) is 40.6 Å². The molecule has 0 amide bonds. The lowest BCUT2D eigenvalue weighted by Gasteiger charge is -2.19. The first-order valence-corrected chi connectivity index (χ1v) is 6.65. The van der Waals surface area contributed by atoms with E-state index < -0.39 is 0 Å². The maximum atomic E-state index is 4.45. The van der Waals surface area contributed by atoms with E-state index in [2.05, 4.69) is 52.2 Å². The van der Waals surface area contributed by atoms with Crippen molar-refractivity contribution in [2.75, 3.05) is 0 Å². The molecule has 0 radical (unpaired) electrons. The van der Waals surface area contributed by atoms with Gasteiger partial charge in [-0.15, -0.1) is 0 Å². The first kappa shape index (κ1) is 13.2. The Morgan fingerprint density at radius 3 is 2.78 bits per heavy atom. The molecule has 0 saturated heterocycles. The second-order valence-corrected chi connectivity index (χ2v) is 6.12. The third kappa shape index (κ3) is 3.65. The van der Waals surface area contributed by atoms with Crippen molar-refractivity contribution in [3.63, 3.8) is 0 Å². The van der Waals surface area contributed by atoms with Crippen LogP contribution in [0.5, 0.6) is 0 Å². The minimum atomic E-state index is 0.0829. The summed E-state index contributed by atoms with van der Waals surface area (Å²) in [6, 6.07) is 7.91. The maximum Gasteiger partial charge on any atom is 0.0969 e. The molecule has 1 aromatic heterocycles. The highest BCUT2D eigenvalue weighted by Crippen LogP contribution is 2.14. The fraction of sp³-hybridized carbons (Fsp3) is 0.385. The van der Waals surface area contributed by atoms with E-state index in [4.69, 9.17) is 0 Å². The number of hydrogen-bond donors (Lipinski definition) is 1. The third-order valence-corrected chi connectivity index (χ3v) is 2.87. The molecule has 1 heterocycles. The first-order chi connectivity index (χ1) is 8.44. The molecule has 18 heavy (non-hydrogen) atoms. The number of aromatic nitrogens is 3. The molecule has 5 heteroatoms. The molecule has 0 bridgehead atoms. The second-order valence-electron chi connectivity index (χ2n) is 5.21. The summed E-state index contributed by atoms with van der Waals surface area (Å²) in [4.78, 5) is 1.64. The van der Waals surface area contributed by atoms with Gasteiger partial charge >= 0.3 is 0 Å². The van der Waals surface area contributed by atoms with Crippen molar-refractivity contribution in [2.24, 2.45) is 0 Å². The van der Waals surface area contributed by atoms with E-state index in [1.165, 1.54) is 0 Å². The second kappa shape index (κ2) is 5.20. The van der Waals surface area contributed by atoms with Crippen molar-refractivity contribution in [3.8, 4) is 5.69 Å². The number of nitrogens with one attached hydrogen (secondary N) is 1. The Kier molecular flexibility index (Phi) is 3.82. The average Bonchev–Trinajstić information content (AvgIpc) is 2.74. The SMILES string of the molecule is CC(C)(C)NCc1cnn(-c2cccc(Br)c2)n1. The standard InChI is InChI=1S/C13H17BrN4/c1-13(2,3)15-8-11-9-16-18(17-11)12-6-4-5-10(14)7-12/h4-7,9,15H,8H2,1-3H3. The quantitative estimate of drug-likeness (QED) is 0.948. The zero-order chi connectivity index (χ0) is 13.2. The van der Waals surface area contributed by atoms with E-state index in [1.54, 1.807) is 11.0 Å². The van der Waals surface area contributed by atoms with Crippen LogP contribution in [0.15, 0.2) is 34.9 Å². The molecular weight excluding hydrogens is 292 g/mol. The summed E-state index contributed by atoms with van der Waals surface area (Å²) < 4.78 is 1.02. The largest absolute Gasteiger partial charge is 0.306 e. The zero-order valence-corrected chi connectivity index (χ0v) is 12.4. The van der Waals surface area contributed by atoms with E-state index >= 15 is 0 Å². The van der Waals surface area contributed by atoms with Gasteiger partial charge in [-0.25, -0.2) is 0 Å². The summed E-state index contributed by atoms with van der Waals surface area (Å²) in [6.07, 6.45) is 1.79. The molecule has 1 aromatic carbocycles. The minimum absolute atomic E-state index is 0.0829. The Balaban J connectivity index is 2.11. The van der Waals surface area contributed by atoms with Gasteiger partial charge in [0.05, 0.1) is 17.6 Å². The average molecular weight is 309 g/mol. The number of rotatable bonds is 3. The van der Waals surface area contributed by atoms with Crippen LogP contribution in [0.2, 0.25) is 0 Å². The lowest BCUT2D eigenvalue weighted by Crippen LogP contribution is -2.35. The lowest BCUT2D eigenvalue weighted by atomic mass is 10.1. The molecular formula is C13H17BrN4. The van der Waals surface area contributed by atoms with Crippen LogP contribution in [0.3, 0.4) is 0 Å². The Morgan fingerprint density at radius 2 is 2.11 bits per heavy atom. The van der Waals surface area contributed by atoms with Gasteiger partial charge in [0, 0.05) is 16.6 Å². The van der Waals surface area contributed by atoms with Crippen molar-refractivity contribution < 1.29 is 0 Å². The van der Waals surface area contributed by atoms with Crippen molar-refractivity contribution in [2.45, 2.75) is 32.9 Å². The van der Waals surface area contributed by atoms with Crippen molar-refractivity contribution in [1.29, 1.82) is 0 Å². The highest BCUT2D eigenvalue weighted by atomic mass is 79.9. The molecule has 96 valence electrons. The molecule has 0 fully saturated rings. The van der Waals surface area contributed by atoms with Gasteiger partial charge in [-0.1, -0.05) is 22.0 Å². The van der Waals surface area contributed by atoms with Gasteiger partial charge in [0.25, 0.3) is 0 Å². The molecule has 1 N–H and O–H groups in total. The molecule has 0 saturated carbocycles. The van der Waals surface area contributed by atoms with Gasteiger partial charge in [0.2, 0.25) is 0 Å². The number of halogens is 1. The fourth-order valence-corrected chi connectivity index (χ4v) is 1.84. The highest BCUT2D eigenvalue weighted by molar-refractivity contribution is 9.10. The smallest absolute Gasteiger partial charge is 0.0969 e. The van der Waals surface area contributed by atoms with Crippen LogP contribution in [-0.2, 0) is 6.54 Å². The van der Waals surface area contributed by atoms with E-state index in [1.807, 2.05) is 24.3 Å². The topological polar surface area (TPSA) is 42.7 Å². The molecule has 0 aliphatic heterocycles. The Hall–Kier alpha value is -1.20. The number of hydrogen-bond acceptors (Lipinski definition) is 3. The molecule has 0 aliphatic carbocycles. The lowest BCUT2D eigenvalue weighted by molar-refractivity contribution is 0.420. The van der Waals surface area contributed by atoms with Crippen LogP contribution in [0.25, 0.3) is 5.69 Å². The normalized spacial score (nSPS) is 11.8. The number of nitrogens with zero attached hydrogens (tertiary/aromatic N) is 3. The van der Waals surface area contributed by atoms with Crippen LogP contribution in [0, 0.1) is 0 Å². The van der Waals surface area contributed by atoms with Crippen molar-refractivity contribution >= 4 is 15.9 Å². The summed E-state index contributed by atoms with van der Waals surface area (Å²) in [5.74, 6) is 0. The van der Waals surface area contributed by atoms with Gasteiger partial charge < -0.3 is 5.32 Å².